The lowest BCUT2D eigenvalue weighted by Gasteiger charge is -2.24. The first-order valence-electron chi connectivity index (χ1n) is 5.91. The molecule has 1 aromatic carbocycles. The molecule has 0 spiro atoms. The van der Waals surface area contributed by atoms with Crippen LogP contribution in [-0.2, 0) is 4.79 Å². The minimum absolute atomic E-state index is 0.120. The number of hydrogen-bond acceptors (Lipinski definition) is 1. The van der Waals surface area contributed by atoms with E-state index in [0.717, 1.165) is 23.9 Å². The predicted molar refractivity (Wildman–Crippen MR) is 72.6 cm³/mol. The smallest absolute Gasteiger partial charge is 0.246 e. The summed E-state index contributed by atoms with van der Waals surface area (Å²) in [5.41, 5.74) is 1.22. The fourth-order valence-corrected chi connectivity index (χ4v) is 2.75. The van der Waals surface area contributed by atoms with Gasteiger partial charge in [-0.1, -0.05) is 34.1 Å². The van der Waals surface area contributed by atoms with E-state index in [2.05, 4.69) is 28.1 Å². The quantitative estimate of drug-likeness (QED) is 0.762. The predicted octanol–water partition coefficient (Wildman–Crippen LogP) is 3.69. The highest BCUT2D eigenvalue weighted by molar-refractivity contribution is 9.10. The molecule has 1 aromatic rings. The van der Waals surface area contributed by atoms with Crippen molar-refractivity contribution < 1.29 is 4.79 Å². The molecule has 1 saturated heterocycles. The molecule has 0 radical (unpaired) electrons. The molecule has 90 valence electrons. The van der Waals surface area contributed by atoms with E-state index >= 15 is 0 Å². The Morgan fingerprint density at radius 3 is 3.06 bits per heavy atom. The number of amides is 1. The number of hydrogen-bond donors (Lipinski definition) is 0. The van der Waals surface area contributed by atoms with E-state index in [0.29, 0.717) is 0 Å². The number of benzene rings is 1. The minimum atomic E-state index is 0.120. The Bertz CT molecular complexity index is 442. The summed E-state index contributed by atoms with van der Waals surface area (Å²) in [6.07, 6.45) is 5.59. The Morgan fingerprint density at radius 1 is 1.53 bits per heavy atom. The standard InChI is InChI=1S/C14H16BrNO/c1-2-5-14(17)16-9-4-8-13(16)11-6-3-7-12(15)10-11/h2-3,5-7,10,13H,4,8-9H2,1H3. The Hall–Kier alpha value is -1.09. The van der Waals surface area contributed by atoms with Crippen molar-refractivity contribution >= 4 is 21.8 Å². The molecule has 1 aliphatic rings. The zero-order valence-corrected chi connectivity index (χ0v) is 11.5. The Kier molecular flexibility index (Phi) is 4.00. The molecular weight excluding hydrogens is 278 g/mol. The van der Waals surface area contributed by atoms with E-state index in [1.807, 2.05) is 24.0 Å². The van der Waals surface area contributed by atoms with Crippen LogP contribution < -0.4 is 0 Å². The van der Waals surface area contributed by atoms with Crippen LogP contribution in [0.25, 0.3) is 0 Å². The monoisotopic (exact) mass is 293 g/mol. The van der Waals surface area contributed by atoms with Gasteiger partial charge in [0.1, 0.15) is 0 Å². The molecule has 1 aliphatic heterocycles. The molecule has 0 saturated carbocycles. The highest BCUT2D eigenvalue weighted by Crippen LogP contribution is 2.33. The summed E-state index contributed by atoms with van der Waals surface area (Å²) in [6.45, 7) is 2.74. The highest BCUT2D eigenvalue weighted by atomic mass is 79.9. The van der Waals surface area contributed by atoms with Crippen molar-refractivity contribution in [2.24, 2.45) is 0 Å². The lowest BCUT2D eigenvalue weighted by Crippen LogP contribution is -2.28. The fourth-order valence-electron chi connectivity index (χ4n) is 2.33. The molecule has 1 fully saturated rings. The van der Waals surface area contributed by atoms with Crippen LogP contribution in [0.3, 0.4) is 0 Å². The summed E-state index contributed by atoms with van der Waals surface area (Å²) in [4.78, 5) is 13.9. The lowest BCUT2D eigenvalue weighted by molar-refractivity contribution is -0.126. The van der Waals surface area contributed by atoms with E-state index in [-0.39, 0.29) is 11.9 Å². The van der Waals surface area contributed by atoms with E-state index in [1.54, 1.807) is 12.2 Å². The topological polar surface area (TPSA) is 20.3 Å². The molecule has 0 bridgehead atoms. The Balaban J connectivity index is 2.22. The number of likely N-dealkylation sites (tertiary alicyclic amines) is 1. The van der Waals surface area contributed by atoms with Gasteiger partial charge in [-0.15, -0.1) is 0 Å². The summed E-state index contributed by atoms with van der Waals surface area (Å²) in [7, 11) is 0. The van der Waals surface area contributed by atoms with Crippen LogP contribution in [-0.4, -0.2) is 17.4 Å². The molecular formula is C14H16BrNO. The van der Waals surface area contributed by atoms with E-state index in [1.165, 1.54) is 5.56 Å². The van der Waals surface area contributed by atoms with Gasteiger partial charge in [0.15, 0.2) is 0 Å². The van der Waals surface area contributed by atoms with Crippen LogP contribution in [0.2, 0.25) is 0 Å². The Morgan fingerprint density at radius 2 is 2.35 bits per heavy atom. The average molecular weight is 294 g/mol. The summed E-state index contributed by atoms with van der Waals surface area (Å²) in [5, 5.41) is 0. The van der Waals surface area contributed by atoms with Gasteiger partial charge in [-0.05, 0) is 43.5 Å². The van der Waals surface area contributed by atoms with Gasteiger partial charge in [-0.2, -0.15) is 0 Å². The van der Waals surface area contributed by atoms with Crippen molar-refractivity contribution in [3.8, 4) is 0 Å². The van der Waals surface area contributed by atoms with E-state index in [4.69, 9.17) is 0 Å². The third kappa shape index (κ3) is 2.78. The number of rotatable bonds is 2. The number of halogens is 1. The normalized spacial score (nSPS) is 20.1. The third-order valence-electron chi connectivity index (χ3n) is 3.08. The molecule has 1 heterocycles. The maximum atomic E-state index is 11.9. The molecule has 17 heavy (non-hydrogen) atoms. The van der Waals surface area contributed by atoms with Gasteiger partial charge in [-0.25, -0.2) is 0 Å². The average Bonchev–Trinajstić information content (AvgIpc) is 2.78. The van der Waals surface area contributed by atoms with Crippen molar-refractivity contribution in [1.82, 2.24) is 4.90 Å². The van der Waals surface area contributed by atoms with Gasteiger partial charge in [0, 0.05) is 11.0 Å². The summed E-state index contributed by atoms with van der Waals surface area (Å²) < 4.78 is 1.07. The molecule has 2 rings (SSSR count). The second-order valence-corrected chi connectivity index (χ2v) is 5.16. The largest absolute Gasteiger partial charge is 0.332 e. The number of allylic oxidation sites excluding steroid dienone is 1. The minimum Gasteiger partial charge on any atom is -0.332 e. The number of carbonyl (C=O) groups excluding carboxylic acids is 1. The van der Waals surface area contributed by atoms with Crippen molar-refractivity contribution in [3.05, 3.63) is 46.5 Å². The molecule has 1 unspecified atom stereocenters. The van der Waals surface area contributed by atoms with Gasteiger partial charge in [0.2, 0.25) is 5.91 Å². The van der Waals surface area contributed by atoms with Gasteiger partial charge < -0.3 is 4.90 Å². The molecule has 1 atom stereocenters. The maximum absolute atomic E-state index is 11.9. The van der Waals surface area contributed by atoms with Crippen LogP contribution in [0.5, 0.6) is 0 Å². The Labute approximate surface area is 110 Å². The van der Waals surface area contributed by atoms with E-state index < -0.39 is 0 Å². The first kappa shape index (κ1) is 12.4. The first-order chi connectivity index (χ1) is 8.22. The van der Waals surface area contributed by atoms with Gasteiger partial charge in [0.05, 0.1) is 6.04 Å². The van der Waals surface area contributed by atoms with Crippen molar-refractivity contribution in [2.75, 3.05) is 6.54 Å². The fraction of sp³-hybridized carbons (Fsp3) is 0.357. The SMILES string of the molecule is CC=CC(=O)N1CCCC1c1cccc(Br)c1. The van der Waals surface area contributed by atoms with Crippen molar-refractivity contribution in [3.63, 3.8) is 0 Å². The van der Waals surface area contributed by atoms with Gasteiger partial charge in [-0.3, -0.25) is 4.79 Å². The number of carbonyl (C=O) groups is 1. The van der Waals surface area contributed by atoms with Crippen molar-refractivity contribution in [2.45, 2.75) is 25.8 Å². The van der Waals surface area contributed by atoms with Crippen LogP contribution >= 0.6 is 15.9 Å². The number of nitrogens with zero attached hydrogens (tertiary/aromatic N) is 1. The highest BCUT2D eigenvalue weighted by Gasteiger charge is 2.28. The third-order valence-corrected chi connectivity index (χ3v) is 3.57. The summed E-state index contributed by atoms with van der Waals surface area (Å²) in [5.74, 6) is 0.120. The summed E-state index contributed by atoms with van der Waals surface area (Å²) >= 11 is 3.48. The van der Waals surface area contributed by atoms with Gasteiger partial charge >= 0.3 is 0 Å². The first-order valence-corrected chi connectivity index (χ1v) is 6.70. The lowest BCUT2D eigenvalue weighted by atomic mass is 10.0. The molecule has 0 aromatic heterocycles. The molecule has 2 nitrogen and oxygen atoms in total. The molecule has 3 heteroatoms. The molecule has 0 aliphatic carbocycles. The van der Waals surface area contributed by atoms with Crippen LogP contribution in [0.4, 0.5) is 0 Å². The van der Waals surface area contributed by atoms with Gasteiger partial charge in [0.25, 0.3) is 0 Å². The second-order valence-electron chi connectivity index (χ2n) is 4.24. The van der Waals surface area contributed by atoms with Crippen LogP contribution in [0.1, 0.15) is 31.4 Å². The molecule has 1 amide bonds. The van der Waals surface area contributed by atoms with Crippen LogP contribution in [0.15, 0.2) is 40.9 Å². The van der Waals surface area contributed by atoms with Crippen LogP contribution in [0, 0.1) is 0 Å². The molecule has 0 N–H and O–H groups in total. The second kappa shape index (κ2) is 5.50. The zero-order valence-electron chi connectivity index (χ0n) is 9.90. The zero-order chi connectivity index (χ0) is 12.3. The summed E-state index contributed by atoms with van der Waals surface area (Å²) in [6, 6.07) is 8.46. The van der Waals surface area contributed by atoms with Crippen molar-refractivity contribution in [1.29, 1.82) is 0 Å². The maximum Gasteiger partial charge on any atom is 0.246 e. The van der Waals surface area contributed by atoms with E-state index in [9.17, 15) is 4.79 Å².